The zero-order valence-electron chi connectivity index (χ0n) is 8.48. The first-order valence-electron chi connectivity index (χ1n) is 4.58. The molecule has 0 aromatic carbocycles. The van der Waals surface area contributed by atoms with Crippen molar-refractivity contribution in [2.75, 3.05) is 7.05 Å². The van der Waals surface area contributed by atoms with E-state index >= 15 is 0 Å². The highest BCUT2D eigenvalue weighted by Crippen LogP contribution is 2.17. The Balaban J connectivity index is 2.45. The summed E-state index contributed by atoms with van der Waals surface area (Å²) in [5.74, 6) is 1.29. The van der Waals surface area contributed by atoms with Gasteiger partial charge in [-0.25, -0.2) is 0 Å². The van der Waals surface area contributed by atoms with Crippen LogP contribution in [0.25, 0.3) is 4.96 Å². The second kappa shape index (κ2) is 3.62. The molecule has 0 atom stereocenters. The zero-order valence-corrected chi connectivity index (χ0v) is 9.30. The molecule has 2 heterocycles. The van der Waals surface area contributed by atoms with Crippen LogP contribution < -0.4 is 5.32 Å². The fourth-order valence-corrected chi connectivity index (χ4v) is 2.11. The molecule has 0 radical (unpaired) electrons. The molecule has 2 aromatic rings. The average Bonchev–Trinajstić information content (AvgIpc) is 2.62. The Labute approximate surface area is 86.2 Å². The monoisotopic (exact) mass is 211 g/mol. The van der Waals surface area contributed by atoms with Gasteiger partial charge in [-0.2, -0.15) is 9.61 Å². The van der Waals surface area contributed by atoms with Crippen LogP contribution in [0.2, 0.25) is 0 Å². The van der Waals surface area contributed by atoms with Crippen molar-refractivity contribution in [1.29, 1.82) is 0 Å². The molecule has 0 fully saturated rings. The molecule has 2 aromatic heterocycles. The third-order valence-electron chi connectivity index (χ3n) is 1.90. The molecule has 0 bridgehead atoms. The SMILES string of the molecule is CNCc1nn2c(C(C)C)nnc2s1. The van der Waals surface area contributed by atoms with Gasteiger partial charge in [0.25, 0.3) is 0 Å². The molecule has 0 aliphatic carbocycles. The van der Waals surface area contributed by atoms with Gasteiger partial charge in [0.2, 0.25) is 4.96 Å². The van der Waals surface area contributed by atoms with Gasteiger partial charge in [-0.3, -0.25) is 0 Å². The first-order valence-corrected chi connectivity index (χ1v) is 5.39. The summed E-state index contributed by atoms with van der Waals surface area (Å²) in [6, 6.07) is 0. The third-order valence-corrected chi connectivity index (χ3v) is 2.80. The lowest BCUT2D eigenvalue weighted by molar-refractivity contribution is 0.706. The molecule has 1 N–H and O–H groups in total. The summed E-state index contributed by atoms with van der Waals surface area (Å²) in [5.41, 5.74) is 0. The Hall–Kier alpha value is -1.01. The van der Waals surface area contributed by atoms with Gasteiger partial charge in [0.15, 0.2) is 5.82 Å². The van der Waals surface area contributed by atoms with Crippen LogP contribution in [0, 0.1) is 0 Å². The second-order valence-corrected chi connectivity index (χ2v) is 4.47. The second-order valence-electron chi connectivity index (χ2n) is 3.43. The molecule has 0 saturated heterocycles. The summed E-state index contributed by atoms with van der Waals surface area (Å²) in [7, 11) is 1.91. The van der Waals surface area contributed by atoms with Crippen molar-refractivity contribution in [3.05, 3.63) is 10.8 Å². The Kier molecular flexibility index (Phi) is 2.47. The number of nitrogens with zero attached hydrogens (tertiary/aromatic N) is 4. The van der Waals surface area contributed by atoms with Crippen LogP contribution in [0.5, 0.6) is 0 Å². The predicted molar refractivity (Wildman–Crippen MR) is 55.5 cm³/mol. The minimum absolute atomic E-state index is 0.356. The molecule has 0 aliphatic heterocycles. The van der Waals surface area contributed by atoms with E-state index in [1.165, 1.54) is 0 Å². The third kappa shape index (κ3) is 1.51. The van der Waals surface area contributed by atoms with Crippen molar-refractivity contribution in [3.8, 4) is 0 Å². The van der Waals surface area contributed by atoms with E-state index in [2.05, 4.69) is 34.5 Å². The Morgan fingerprint density at radius 2 is 2.21 bits per heavy atom. The van der Waals surface area contributed by atoms with Crippen LogP contribution in [0.4, 0.5) is 0 Å². The summed E-state index contributed by atoms with van der Waals surface area (Å²) in [6.45, 7) is 4.96. The molecular formula is C8H13N5S. The van der Waals surface area contributed by atoms with E-state index in [0.29, 0.717) is 5.92 Å². The maximum absolute atomic E-state index is 4.43. The fraction of sp³-hybridized carbons (Fsp3) is 0.625. The van der Waals surface area contributed by atoms with E-state index in [0.717, 1.165) is 22.3 Å². The van der Waals surface area contributed by atoms with Gasteiger partial charge in [0, 0.05) is 12.5 Å². The van der Waals surface area contributed by atoms with E-state index in [1.54, 1.807) is 11.3 Å². The Morgan fingerprint density at radius 1 is 1.43 bits per heavy atom. The van der Waals surface area contributed by atoms with E-state index in [-0.39, 0.29) is 0 Å². The Bertz CT molecular complexity index is 430. The van der Waals surface area contributed by atoms with Gasteiger partial charge < -0.3 is 5.32 Å². The first kappa shape index (κ1) is 9.54. The maximum Gasteiger partial charge on any atom is 0.234 e. The van der Waals surface area contributed by atoms with Gasteiger partial charge >= 0.3 is 0 Å². The molecular weight excluding hydrogens is 198 g/mol. The van der Waals surface area contributed by atoms with Crippen LogP contribution in [0.3, 0.4) is 0 Å². The predicted octanol–water partition coefficient (Wildman–Crippen LogP) is 1.03. The van der Waals surface area contributed by atoms with E-state index < -0.39 is 0 Å². The zero-order chi connectivity index (χ0) is 10.1. The van der Waals surface area contributed by atoms with Crippen molar-refractivity contribution < 1.29 is 0 Å². The van der Waals surface area contributed by atoms with E-state index in [1.807, 2.05) is 11.6 Å². The van der Waals surface area contributed by atoms with Crippen LogP contribution in [0.15, 0.2) is 0 Å². The number of hydrogen-bond acceptors (Lipinski definition) is 5. The normalized spacial score (nSPS) is 11.7. The van der Waals surface area contributed by atoms with Crippen LogP contribution in [-0.2, 0) is 6.54 Å². The lowest BCUT2D eigenvalue weighted by atomic mass is 10.2. The number of aromatic nitrogens is 4. The smallest absolute Gasteiger partial charge is 0.234 e. The minimum Gasteiger partial charge on any atom is -0.313 e. The van der Waals surface area contributed by atoms with Gasteiger partial charge in [0.1, 0.15) is 5.01 Å². The molecule has 0 spiro atoms. The number of nitrogens with one attached hydrogen (secondary N) is 1. The van der Waals surface area contributed by atoms with Crippen LogP contribution >= 0.6 is 11.3 Å². The highest BCUT2D eigenvalue weighted by atomic mass is 32.1. The topological polar surface area (TPSA) is 55.1 Å². The largest absolute Gasteiger partial charge is 0.313 e. The summed E-state index contributed by atoms with van der Waals surface area (Å²) in [4.78, 5) is 0.874. The minimum atomic E-state index is 0.356. The van der Waals surface area contributed by atoms with Crippen molar-refractivity contribution >= 4 is 16.3 Å². The highest BCUT2D eigenvalue weighted by molar-refractivity contribution is 7.16. The first-order chi connectivity index (χ1) is 6.72. The summed E-state index contributed by atoms with van der Waals surface area (Å²) in [6.07, 6.45) is 0. The highest BCUT2D eigenvalue weighted by Gasteiger charge is 2.13. The van der Waals surface area contributed by atoms with E-state index in [9.17, 15) is 0 Å². The lowest BCUT2D eigenvalue weighted by Gasteiger charge is -1.97. The van der Waals surface area contributed by atoms with Crippen LogP contribution in [0.1, 0.15) is 30.6 Å². The fourth-order valence-electron chi connectivity index (χ4n) is 1.25. The summed E-state index contributed by atoms with van der Waals surface area (Å²) in [5, 5.41) is 16.7. The van der Waals surface area contributed by atoms with Crippen molar-refractivity contribution in [2.24, 2.45) is 0 Å². The van der Waals surface area contributed by atoms with Crippen molar-refractivity contribution in [1.82, 2.24) is 25.1 Å². The number of rotatable bonds is 3. The molecule has 0 amide bonds. The quantitative estimate of drug-likeness (QED) is 0.824. The molecule has 2 rings (SSSR count). The Morgan fingerprint density at radius 3 is 2.86 bits per heavy atom. The molecule has 76 valence electrons. The van der Waals surface area contributed by atoms with Crippen molar-refractivity contribution in [2.45, 2.75) is 26.3 Å². The molecule has 14 heavy (non-hydrogen) atoms. The average molecular weight is 211 g/mol. The van der Waals surface area contributed by atoms with Gasteiger partial charge in [0.05, 0.1) is 0 Å². The maximum atomic E-state index is 4.43. The van der Waals surface area contributed by atoms with Crippen molar-refractivity contribution in [3.63, 3.8) is 0 Å². The standard InChI is InChI=1S/C8H13N5S/c1-5(2)7-10-11-8-13(7)12-6(14-8)4-9-3/h5,9H,4H2,1-3H3. The molecule has 6 heteroatoms. The van der Waals surface area contributed by atoms with E-state index in [4.69, 9.17) is 0 Å². The number of fused-ring (bicyclic) bond motifs is 1. The molecule has 5 nitrogen and oxygen atoms in total. The summed E-state index contributed by atoms with van der Waals surface area (Å²) < 4.78 is 1.84. The molecule has 0 aliphatic rings. The van der Waals surface area contributed by atoms with Gasteiger partial charge in [-0.05, 0) is 7.05 Å². The van der Waals surface area contributed by atoms with Gasteiger partial charge in [-0.15, -0.1) is 10.2 Å². The molecule has 0 unspecified atom stereocenters. The van der Waals surface area contributed by atoms with Crippen LogP contribution in [-0.4, -0.2) is 26.9 Å². The summed E-state index contributed by atoms with van der Waals surface area (Å²) >= 11 is 1.58. The molecule has 0 saturated carbocycles. The van der Waals surface area contributed by atoms with Gasteiger partial charge in [-0.1, -0.05) is 25.2 Å². The number of hydrogen-bond donors (Lipinski definition) is 1. The lowest BCUT2D eigenvalue weighted by Crippen LogP contribution is -2.06.